The normalized spacial score (nSPS) is 25.0. The summed E-state index contributed by atoms with van der Waals surface area (Å²) in [5, 5.41) is 7.44. The molecule has 1 N–H and O–H groups in total. The molecule has 3 heterocycles. The first kappa shape index (κ1) is 16.0. The molecule has 2 fully saturated rings. The lowest BCUT2D eigenvalue weighted by atomic mass is 9.98. The van der Waals surface area contributed by atoms with Crippen molar-refractivity contribution >= 4 is 11.7 Å². The van der Waals surface area contributed by atoms with E-state index in [4.69, 9.17) is 4.74 Å². The molecular formula is C19H24N4O2. The Kier molecular flexibility index (Phi) is 4.34. The van der Waals surface area contributed by atoms with E-state index in [1.165, 1.54) is 0 Å². The molecule has 2 saturated heterocycles. The second-order valence-electron chi connectivity index (χ2n) is 6.76. The Labute approximate surface area is 147 Å². The summed E-state index contributed by atoms with van der Waals surface area (Å²) >= 11 is 0. The fourth-order valence-electron chi connectivity index (χ4n) is 4.22. The molecule has 2 aliphatic heterocycles. The van der Waals surface area contributed by atoms with Crippen LogP contribution in [0.25, 0.3) is 0 Å². The molecule has 0 radical (unpaired) electrons. The molecule has 25 heavy (non-hydrogen) atoms. The molecule has 0 saturated carbocycles. The molecule has 2 unspecified atom stereocenters. The van der Waals surface area contributed by atoms with Crippen LogP contribution in [0.2, 0.25) is 0 Å². The number of aromatic nitrogens is 2. The number of carbonyl (C=O) groups excluding carboxylic acids is 1. The predicted molar refractivity (Wildman–Crippen MR) is 95.8 cm³/mol. The van der Waals surface area contributed by atoms with Crippen molar-refractivity contribution in [3.05, 3.63) is 42.7 Å². The van der Waals surface area contributed by atoms with Crippen LogP contribution in [-0.4, -0.2) is 39.4 Å². The van der Waals surface area contributed by atoms with Gasteiger partial charge in [0.25, 0.3) is 0 Å². The monoisotopic (exact) mass is 340 g/mol. The number of nitrogens with one attached hydrogen (secondary N) is 1. The lowest BCUT2D eigenvalue weighted by molar-refractivity contribution is 0.129. The van der Waals surface area contributed by atoms with Crippen LogP contribution in [0.1, 0.15) is 38.6 Å². The summed E-state index contributed by atoms with van der Waals surface area (Å²) in [5.41, 5.74) is 0.739. The van der Waals surface area contributed by atoms with Gasteiger partial charge < -0.3 is 15.0 Å². The van der Waals surface area contributed by atoms with Gasteiger partial charge in [0, 0.05) is 24.5 Å². The van der Waals surface area contributed by atoms with Crippen molar-refractivity contribution in [3.63, 3.8) is 0 Å². The van der Waals surface area contributed by atoms with Crippen LogP contribution in [0.4, 0.5) is 10.5 Å². The number of amides is 2. The quantitative estimate of drug-likeness (QED) is 0.923. The summed E-state index contributed by atoms with van der Waals surface area (Å²) in [6.45, 7) is 2.52. The van der Waals surface area contributed by atoms with Gasteiger partial charge in [0.2, 0.25) is 0 Å². The lowest BCUT2D eigenvalue weighted by Gasteiger charge is -2.39. The van der Waals surface area contributed by atoms with Crippen molar-refractivity contribution in [2.45, 2.75) is 50.7 Å². The van der Waals surface area contributed by atoms with E-state index in [-0.39, 0.29) is 18.1 Å². The second kappa shape index (κ2) is 6.78. The fraction of sp³-hybridized carbons (Fsp3) is 0.474. The summed E-state index contributed by atoms with van der Waals surface area (Å²) < 4.78 is 7.66. The van der Waals surface area contributed by atoms with Gasteiger partial charge in [0.05, 0.1) is 18.3 Å². The minimum Gasteiger partial charge on any atom is -0.492 e. The molecule has 132 valence electrons. The maximum Gasteiger partial charge on any atom is 0.322 e. The molecule has 2 bridgehead atoms. The molecular weight excluding hydrogens is 316 g/mol. The molecule has 6 heteroatoms. The van der Waals surface area contributed by atoms with Gasteiger partial charge in [-0.2, -0.15) is 5.10 Å². The maximum absolute atomic E-state index is 12.9. The number of ether oxygens (including phenoxy) is 1. The highest BCUT2D eigenvalue weighted by Crippen LogP contribution is 2.41. The van der Waals surface area contributed by atoms with E-state index >= 15 is 0 Å². The zero-order valence-electron chi connectivity index (χ0n) is 14.5. The molecule has 1 aromatic carbocycles. The Morgan fingerprint density at radius 2 is 1.96 bits per heavy atom. The van der Waals surface area contributed by atoms with E-state index in [1.807, 2.05) is 59.2 Å². The second-order valence-corrected chi connectivity index (χ2v) is 6.76. The molecule has 4 rings (SSSR count). The first-order valence-corrected chi connectivity index (χ1v) is 9.06. The highest BCUT2D eigenvalue weighted by atomic mass is 16.5. The van der Waals surface area contributed by atoms with Crippen LogP contribution >= 0.6 is 0 Å². The highest BCUT2D eigenvalue weighted by Gasteiger charge is 2.44. The number of piperidine rings is 1. The third kappa shape index (κ3) is 3.08. The van der Waals surface area contributed by atoms with Gasteiger partial charge in [-0.25, -0.2) is 4.79 Å². The number of benzene rings is 1. The largest absolute Gasteiger partial charge is 0.492 e. The van der Waals surface area contributed by atoms with Crippen molar-refractivity contribution in [1.29, 1.82) is 0 Å². The lowest BCUT2D eigenvalue weighted by Crippen LogP contribution is -2.48. The van der Waals surface area contributed by atoms with E-state index in [0.717, 1.165) is 37.1 Å². The van der Waals surface area contributed by atoms with Gasteiger partial charge in [0.15, 0.2) is 0 Å². The third-order valence-electron chi connectivity index (χ3n) is 5.27. The number of carbonyl (C=O) groups is 1. The number of hydrogen-bond donors (Lipinski definition) is 1. The molecule has 2 aromatic rings. The van der Waals surface area contributed by atoms with Crippen LogP contribution in [0, 0.1) is 0 Å². The number of fused-ring (bicyclic) bond motifs is 2. The predicted octanol–water partition coefficient (Wildman–Crippen LogP) is 3.68. The van der Waals surface area contributed by atoms with Crippen LogP contribution in [0.3, 0.4) is 0 Å². The zero-order valence-corrected chi connectivity index (χ0v) is 14.5. The summed E-state index contributed by atoms with van der Waals surface area (Å²) in [6.07, 6.45) is 7.94. The van der Waals surface area contributed by atoms with Gasteiger partial charge >= 0.3 is 6.03 Å². The van der Waals surface area contributed by atoms with Crippen LogP contribution in [0.5, 0.6) is 5.75 Å². The Morgan fingerprint density at radius 1 is 1.20 bits per heavy atom. The number of hydrogen-bond acceptors (Lipinski definition) is 3. The van der Waals surface area contributed by atoms with Crippen molar-refractivity contribution < 1.29 is 9.53 Å². The van der Waals surface area contributed by atoms with E-state index in [1.54, 1.807) is 0 Å². The van der Waals surface area contributed by atoms with Crippen LogP contribution in [-0.2, 0) is 0 Å². The molecule has 2 amide bonds. The number of urea groups is 1. The maximum atomic E-state index is 12.9. The first-order valence-electron chi connectivity index (χ1n) is 9.06. The van der Waals surface area contributed by atoms with Crippen molar-refractivity contribution in [1.82, 2.24) is 14.7 Å². The molecule has 2 aliphatic rings. The number of rotatable bonds is 4. The minimum atomic E-state index is -0.0152. The Bertz CT molecular complexity index is 717. The average molecular weight is 340 g/mol. The van der Waals surface area contributed by atoms with Crippen LogP contribution < -0.4 is 10.1 Å². The minimum absolute atomic E-state index is 0.0152. The van der Waals surface area contributed by atoms with E-state index in [0.29, 0.717) is 12.6 Å². The van der Waals surface area contributed by atoms with Crippen molar-refractivity contribution in [2.24, 2.45) is 0 Å². The highest BCUT2D eigenvalue weighted by molar-refractivity contribution is 5.91. The molecule has 0 spiro atoms. The standard InChI is InChI=1S/C19H24N4O2/c1-2-25-18-7-4-3-6-17(18)21-19(24)23-14-8-9-15(23)13-16(12-14)22-11-5-10-20-22/h3-7,10-11,14-16H,2,8-9,12-13H2,1H3,(H,21,24). The van der Waals surface area contributed by atoms with E-state index in [9.17, 15) is 4.79 Å². The SMILES string of the molecule is CCOc1ccccc1NC(=O)N1C2CCC1CC(n1cccn1)C2. The Hall–Kier alpha value is -2.50. The van der Waals surface area contributed by atoms with Gasteiger partial charge in [-0.15, -0.1) is 0 Å². The third-order valence-corrected chi connectivity index (χ3v) is 5.27. The summed E-state index contributed by atoms with van der Waals surface area (Å²) in [5.74, 6) is 0.720. The number of anilines is 1. The fourth-order valence-corrected chi connectivity index (χ4v) is 4.22. The van der Waals surface area contributed by atoms with Gasteiger partial charge in [-0.3, -0.25) is 4.68 Å². The molecule has 0 aliphatic carbocycles. The van der Waals surface area contributed by atoms with Gasteiger partial charge in [0.1, 0.15) is 5.75 Å². The van der Waals surface area contributed by atoms with Crippen molar-refractivity contribution in [2.75, 3.05) is 11.9 Å². The zero-order chi connectivity index (χ0) is 17.2. The summed E-state index contributed by atoms with van der Waals surface area (Å²) in [6, 6.07) is 10.5. The van der Waals surface area contributed by atoms with E-state index < -0.39 is 0 Å². The summed E-state index contributed by atoms with van der Waals surface area (Å²) in [4.78, 5) is 15.0. The Morgan fingerprint density at radius 3 is 2.64 bits per heavy atom. The Balaban J connectivity index is 1.47. The molecule has 2 atom stereocenters. The van der Waals surface area contributed by atoms with Crippen molar-refractivity contribution in [3.8, 4) is 5.75 Å². The van der Waals surface area contributed by atoms with E-state index in [2.05, 4.69) is 10.4 Å². The molecule has 6 nitrogen and oxygen atoms in total. The summed E-state index contributed by atoms with van der Waals surface area (Å²) in [7, 11) is 0. The van der Waals surface area contributed by atoms with Gasteiger partial charge in [-0.05, 0) is 50.8 Å². The van der Waals surface area contributed by atoms with Gasteiger partial charge in [-0.1, -0.05) is 12.1 Å². The molecule has 1 aromatic heterocycles. The first-order chi connectivity index (χ1) is 12.3. The average Bonchev–Trinajstić information content (AvgIpc) is 3.24. The number of para-hydroxylation sites is 2. The van der Waals surface area contributed by atoms with Crippen LogP contribution in [0.15, 0.2) is 42.7 Å². The smallest absolute Gasteiger partial charge is 0.322 e. The number of nitrogens with zero attached hydrogens (tertiary/aromatic N) is 3. The topological polar surface area (TPSA) is 59.4 Å².